The van der Waals surface area contributed by atoms with Crippen LogP contribution in [-0.4, -0.2) is 33.9 Å². The fraction of sp³-hybridized carbons (Fsp3) is 0.667. The molecular formula is C15H24N2O2. The third-order valence-corrected chi connectivity index (χ3v) is 4.13. The third kappa shape index (κ3) is 3.25. The molecule has 0 spiro atoms. The molecule has 4 heteroatoms. The lowest BCUT2D eigenvalue weighted by molar-refractivity contribution is 0.0125. The van der Waals surface area contributed by atoms with Gasteiger partial charge < -0.3 is 15.1 Å². The Bertz CT molecular complexity index is 415. The highest BCUT2D eigenvalue weighted by molar-refractivity contribution is 5.40. The summed E-state index contributed by atoms with van der Waals surface area (Å²) >= 11 is 0. The van der Waals surface area contributed by atoms with Gasteiger partial charge in [0.1, 0.15) is 5.82 Å². The van der Waals surface area contributed by atoms with E-state index in [0.29, 0.717) is 0 Å². The van der Waals surface area contributed by atoms with Crippen molar-refractivity contribution in [2.45, 2.75) is 51.2 Å². The Morgan fingerprint density at radius 3 is 2.37 bits per heavy atom. The first-order chi connectivity index (χ1) is 8.84. The Kier molecular flexibility index (Phi) is 3.83. The molecule has 2 rings (SSSR count). The van der Waals surface area contributed by atoms with Crippen LogP contribution in [0.4, 0.5) is 5.82 Å². The summed E-state index contributed by atoms with van der Waals surface area (Å²) in [5.74, 6) is 0.922. The lowest BCUT2D eigenvalue weighted by Gasteiger charge is -2.38. The topological polar surface area (TPSA) is 56.6 Å². The minimum atomic E-state index is -0.851. The van der Waals surface area contributed by atoms with Gasteiger partial charge in [-0.1, -0.05) is 13.0 Å². The van der Waals surface area contributed by atoms with Crippen LogP contribution in [0.25, 0.3) is 0 Å². The normalized spacial score (nSPS) is 19.5. The van der Waals surface area contributed by atoms with Crippen molar-refractivity contribution in [1.82, 2.24) is 4.98 Å². The standard InChI is InChI=1S/C15H24N2O2/c1-4-15(19)7-9-17(10-8-15)13-6-5-12(11-16-13)14(2,3)18/h5-6,11,18-19H,4,7-10H2,1-3H3. The largest absolute Gasteiger partial charge is 0.390 e. The number of nitrogens with zero attached hydrogens (tertiary/aromatic N) is 2. The van der Waals surface area contributed by atoms with Crippen LogP contribution in [0.5, 0.6) is 0 Å². The predicted molar refractivity (Wildman–Crippen MR) is 76.2 cm³/mol. The summed E-state index contributed by atoms with van der Waals surface area (Å²) in [6, 6.07) is 3.87. The van der Waals surface area contributed by atoms with E-state index in [1.807, 2.05) is 19.1 Å². The Balaban J connectivity index is 2.04. The summed E-state index contributed by atoms with van der Waals surface area (Å²) in [6.45, 7) is 7.21. The van der Waals surface area contributed by atoms with Crippen LogP contribution < -0.4 is 4.90 Å². The van der Waals surface area contributed by atoms with Gasteiger partial charge in [-0.2, -0.15) is 0 Å². The number of hydrogen-bond donors (Lipinski definition) is 2. The van der Waals surface area contributed by atoms with Crippen molar-refractivity contribution in [1.29, 1.82) is 0 Å². The number of aliphatic hydroxyl groups is 2. The van der Waals surface area contributed by atoms with Crippen LogP contribution in [0.15, 0.2) is 18.3 Å². The summed E-state index contributed by atoms with van der Waals surface area (Å²) in [5.41, 5.74) is -0.530. The van der Waals surface area contributed by atoms with Crippen molar-refractivity contribution in [3.8, 4) is 0 Å². The number of aromatic nitrogens is 1. The molecule has 0 saturated carbocycles. The Morgan fingerprint density at radius 1 is 1.32 bits per heavy atom. The first-order valence-electron chi connectivity index (χ1n) is 7.00. The number of hydrogen-bond acceptors (Lipinski definition) is 4. The van der Waals surface area contributed by atoms with E-state index in [0.717, 1.165) is 43.7 Å². The molecule has 19 heavy (non-hydrogen) atoms. The van der Waals surface area contributed by atoms with Crippen molar-refractivity contribution < 1.29 is 10.2 Å². The first kappa shape index (κ1) is 14.3. The zero-order valence-electron chi connectivity index (χ0n) is 12.1. The monoisotopic (exact) mass is 264 g/mol. The number of piperidine rings is 1. The lowest BCUT2D eigenvalue weighted by Crippen LogP contribution is -2.44. The van der Waals surface area contributed by atoms with Gasteiger partial charge in [0.25, 0.3) is 0 Å². The van der Waals surface area contributed by atoms with E-state index in [-0.39, 0.29) is 0 Å². The molecule has 0 aromatic carbocycles. The Labute approximate surface area is 115 Å². The lowest BCUT2D eigenvalue weighted by atomic mass is 9.89. The maximum Gasteiger partial charge on any atom is 0.128 e. The molecule has 1 aromatic rings. The van der Waals surface area contributed by atoms with Gasteiger partial charge in [0.15, 0.2) is 0 Å². The summed E-state index contributed by atoms with van der Waals surface area (Å²) in [5, 5.41) is 20.1. The molecule has 1 fully saturated rings. The minimum Gasteiger partial charge on any atom is -0.390 e. The molecular weight excluding hydrogens is 240 g/mol. The molecule has 0 bridgehead atoms. The van der Waals surface area contributed by atoms with Gasteiger partial charge >= 0.3 is 0 Å². The van der Waals surface area contributed by atoms with Crippen LogP contribution in [-0.2, 0) is 5.60 Å². The smallest absolute Gasteiger partial charge is 0.128 e. The highest BCUT2D eigenvalue weighted by atomic mass is 16.3. The molecule has 0 radical (unpaired) electrons. The number of rotatable bonds is 3. The molecule has 1 saturated heterocycles. The predicted octanol–water partition coefficient (Wildman–Crippen LogP) is 2.05. The average molecular weight is 264 g/mol. The molecule has 2 N–H and O–H groups in total. The summed E-state index contributed by atoms with van der Waals surface area (Å²) in [4.78, 5) is 6.62. The molecule has 0 atom stereocenters. The second-order valence-electron chi connectivity index (χ2n) is 6.03. The molecule has 1 aliphatic rings. The van der Waals surface area contributed by atoms with E-state index >= 15 is 0 Å². The van der Waals surface area contributed by atoms with E-state index < -0.39 is 11.2 Å². The van der Waals surface area contributed by atoms with Gasteiger partial charge in [-0.15, -0.1) is 0 Å². The Morgan fingerprint density at radius 2 is 1.95 bits per heavy atom. The third-order valence-electron chi connectivity index (χ3n) is 4.13. The van der Waals surface area contributed by atoms with E-state index in [4.69, 9.17) is 0 Å². The maximum absolute atomic E-state index is 10.2. The molecule has 0 aliphatic carbocycles. The second kappa shape index (κ2) is 5.10. The van der Waals surface area contributed by atoms with E-state index in [2.05, 4.69) is 9.88 Å². The summed E-state index contributed by atoms with van der Waals surface area (Å²) in [6.07, 6.45) is 4.12. The highest BCUT2D eigenvalue weighted by Crippen LogP contribution is 2.28. The van der Waals surface area contributed by atoms with E-state index in [1.54, 1.807) is 20.0 Å². The van der Waals surface area contributed by atoms with Crippen molar-refractivity contribution in [2.75, 3.05) is 18.0 Å². The van der Waals surface area contributed by atoms with Gasteiger partial charge in [-0.05, 0) is 39.2 Å². The highest BCUT2D eigenvalue weighted by Gasteiger charge is 2.30. The van der Waals surface area contributed by atoms with Crippen LogP contribution in [0.1, 0.15) is 45.6 Å². The number of pyridine rings is 1. The quantitative estimate of drug-likeness (QED) is 0.877. The minimum absolute atomic E-state index is 0.496. The molecule has 4 nitrogen and oxygen atoms in total. The Hall–Kier alpha value is -1.13. The number of anilines is 1. The van der Waals surface area contributed by atoms with Gasteiger partial charge in [0.2, 0.25) is 0 Å². The van der Waals surface area contributed by atoms with Crippen molar-refractivity contribution in [3.05, 3.63) is 23.9 Å². The first-order valence-corrected chi connectivity index (χ1v) is 7.00. The zero-order chi connectivity index (χ0) is 14.1. The molecule has 1 aliphatic heterocycles. The molecule has 106 valence electrons. The molecule has 2 heterocycles. The van der Waals surface area contributed by atoms with Gasteiger partial charge in [-0.25, -0.2) is 4.98 Å². The van der Waals surface area contributed by atoms with E-state index in [9.17, 15) is 10.2 Å². The van der Waals surface area contributed by atoms with Crippen molar-refractivity contribution in [3.63, 3.8) is 0 Å². The molecule has 0 amide bonds. The zero-order valence-corrected chi connectivity index (χ0v) is 12.1. The van der Waals surface area contributed by atoms with Crippen molar-refractivity contribution in [2.24, 2.45) is 0 Å². The van der Waals surface area contributed by atoms with Crippen LogP contribution in [0.3, 0.4) is 0 Å². The molecule has 0 unspecified atom stereocenters. The van der Waals surface area contributed by atoms with Gasteiger partial charge in [0.05, 0.1) is 11.2 Å². The fourth-order valence-electron chi connectivity index (χ4n) is 2.44. The van der Waals surface area contributed by atoms with Crippen LogP contribution in [0.2, 0.25) is 0 Å². The van der Waals surface area contributed by atoms with Gasteiger partial charge in [-0.3, -0.25) is 0 Å². The van der Waals surface area contributed by atoms with Crippen molar-refractivity contribution >= 4 is 5.82 Å². The van der Waals surface area contributed by atoms with Crippen LogP contribution >= 0.6 is 0 Å². The average Bonchev–Trinajstić information content (AvgIpc) is 2.39. The summed E-state index contributed by atoms with van der Waals surface area (Å²) < 4.78 is 0. The maximum atomic E-state index is 10.2. The fourth-order valence-corrected chi connectivity index (χ4v) is 2.44. The van der Waals surface area contributed by atoms with E-state index in [1.165, 1.54) is 0 Å². The molecule has 1 aromatic heterocycles. The summed E-state index contributed by atoms with van der Waals surface area (Å²) in [7, 11) is 0. The second-order valence-corrected chi connectivity index (χ2v) is 6.03. The van der Waals surface area contributed by atoms with Gasteiger partial charge in [0, 0.05) is 24.8 Å². The van der Waals surface area contributed by atoms with Crippen LogP contribution in [0, 0.1) is 0 Å². The SMILES string of the molecule is CCC1(O)CCN(c2ccc(C(C)(C)O)cn2)CC1.